The largest absolute Gasteiger partial charge is 0.490 e. The second-order valence-electron chi connectivity index (χ2n) is 9.07. The van der Waals surface area contributed by atoms with Crippen LogP contribution in [0.4, 0.5) is 10.1 Å². The number of benzene rings is 2. The number of ether oxygens (including phenoxy) is 1. The quantitative estimate of drug-likeness (QED) is 0.653. The highest BCUT2D eigenvalue weighted by Crippen LogP contribution is 2.53. The highest BCUT2D eigenvalue weighted by molar-refractivity contribution is 7.92. The Morgan fingerprint density at radius 1 is 1.09 bits per heavy atom. The molecule has 0 saturated heterocycles. The Labute approximate surface area is 196 Å². The van der Waals surface area contributed by atoms with E-state index in [1.807, 2.05) is 0 Å². The van der Waals surface area contributed by atoms with Crippen LogP contribution in [0.5, 0.6) is 5.75 Å². The van der Waals surface area contributed by atoms with Crippen LogP contribution in [0.1, 0.15) is 56.1 Å². The zero-order chi connectivity index (χ0) is 23.4. The van der Waals surface area contributed by atoms with Crippen molar-refractivity contribution in [2.75, 3.05) is 4.72 Å². The van der Waals surface area contributed by atoms with Gasteiger partial charge < -0.3 is 4.74 Å². The first-order valence-corrected chi connectivity index (χ1v) is 12.9. The fourth-order valence-electron chi connectivity index (χ4n) is 5.09. The molecule has 0 amide bonds. The molecule has 0 unspecified atom stereocenters. The first kappa shape index (κ1) is 22.3. The summed E-state index contributed by atoms with van der Waals surface area (Å²) < 4.78 is 48.9. The minimum Gasteiger partial charge on any atom is -0.490 e. The van der Waals surface area contributed by atoms with E-state index in [4.69, 9.17) is 16.3 Å². The molecule has 2 aromatic rings. The summed E-state index contributed by atoms with van der Waals surface area (Å²) in [5.74, 6) is -0.172. The molecule has 0 aromatic heterocycles. The maximum Gasteiger partial charge on any atom is 0.264 e. The third kappa shape index (κ3) is 3.93. The number of carbonyl (C=O) groups is 2. The van der Waals surface area contributed by atoms with Gasteiger partial charge in [0.1, 0.15) is 28.0 Å². The SMILES string of the molecule is O=C1CCC(Oc2cc(NS(=O)(=O)c3ccc(Cl)cc3F)cc3c2CC(=O)C32CCC2)CC1. The number of hydrogen-bond acceptors (Lipinski definition) is 5. The van der Waals surface area contributed by atoms with Crippen molar-refractivity contribution >= 4 is 38.9 Å². The van der Waals surface area contributed by atoms with Crippen molar-refractivity contribution in [3.8, 4) is 5.75 Å². The van der Waals surface area contributed by atoms with Crippen LogP contribution >= 0.6 is 11.6 Å². The molecule has 2 aromatic carbocycles. The Balaban J connectivity index is 1.53. The standard InChI is InChI=1S/C24H23ClFNO5S/c25-14-2-7-22(20(26)10-14)33(30,31)27-15-11-19-18(13-23(29)24(19)8-1-9-24)21(12-15)32-17-5-3-16(28)4-6-17/h2,7,10-12,17,27H,1,3-6,8-9,13H2. The van der Waals surface area contributed by atoms with Gasteiger partial charge in [-0.3, -0.25) is 14.3 Å². The fraction of sp³-hybridized carbons (Fsp3) is 0.417. The van der Waals surface area contributed by atoms with Crippen LogP contribution in [-0.2, 0) is 31.4 Å². The molecule has 0 heterocycles. The van der Waals surface area contributed by atoms with E-state index in [-0.39, 0.29) is 34.8 Å². The lowest BCUT2D eigenvalue weighted by Gasteiger charge is -2.38. The van der Waals surface area contributed by atoms with Crippen LogP contribution in [0.3, 0.4) is 0 Å². The summed E-state index contributed by atoms with van der Waals surface area (Å²) in [4.78, 5) is 24.0. The van der Waals surface area contributed by atoms with Crippen molar-refractivity contribution in [2.45, 2.75) is 67.8 Å². The van der Waals surface area contributed by atoms with Crippen molar-refractivity contribution in [3.05, 3.63) is 52.3 Å². The van der Waals surface area contributed by atoms with Crippen molar-refractivity contribution < 1.29 is 27.1 Å². The molecule has 3 aliphatic rings. The molecule has 174 valence electrons. The number of fused-ring (bicyclic) bond motifs is 2. The van der Waals surface area contributed by atoms with Gasteiger partial charge in [-0.15, -0.1) is 0 Å². The van der Waals surface area contributed by atoms with Crippen molar-refractivity contribution in [1.29, 1.82) is 0 Å². The molecule has 6 nitrogen and oxygen atoms in total. The minimum absolute atomic E-state index is 0.0936. The van der Waals surface area contributed by atoms with E-state index >= 15 is 0 Å². The van der Waals surface area contributed by atoms with Crippen LogP contribution in [0.25, 0.3) is 0 Å². The van der Waals surface area contributed by atoms with Gasteiger partial charge in [-0.1, -0.05) is 18.0 Å². The van der Waals surface area contributed by atoms with Gasteiger partial charge in [-0.2, -0.15) is 0 Å². The molecule has 33 heavy (non-hydrogen) atoms. The van der Waals surface area contributed by atoms with Crippen LogP contribution in [0.2, 0.25) is 5.02 Å². The van der Waals surface area contributed by atoms with E-state index in [0.717, 1.165) is 42.5 Å². The van der Waals surface area contributed by atoms with Crippen molar-refractivity contribution in [1.82, 2.24) is 0 Å². The minimum atomic E-state index is -4.24. The third-order valence-corrected chi connectivity index (χ3v) is 8.67. The van der Waals surface area contributed by atoms with Crippen LogP contribution in [0.15, 0.2) is 35.2 Å². The van der Waals surface area contributed by atoms with Gasteiger partial charge in [-0.05, 0) is 55.5 Å². The summed E-state index contributed by atoms with van der Waals surface area (Å²) in [6.45, 7) is 0. The molecular weight excluding hydrogens is 469 g/mol. The van der Waals surface area contributed by atoms with E-state index in [1.165, 1.54) is 6.07 Å². The summed E-state index contributed by atoms with van der Waals surface area (Å²) in [6, 6.07) is 6.61. The van der Waals surface area contributed by atoms with Crippen LogP contribution in [0, 0.1) is 5.82 Å². The average molecular weight is 492 g/mol. The number of halogens is 2. The Kier molecular flexibility index (Phi) is 5.48. The Morgan fingerprint density at radius 2 is 1.82 bits per heavy atom. The van der Waals surface area contributed by atoms with Gasteiger partial charge in [-0.25, -0.2) is 12.8 Å². The number of ketones is 2. The second kappa shape index (κ2) is 8.09. The van der Waals surface area contributed by atoms with Crippen LogP contribution in [-0.4, -0.2) is 26.1 Å². The lowest BCUT2D eigenvalue weighted by molar-refractivity contribution is -0.125. The lowest BCUT2D eigenvalue weighted by Crippen LogP contribution is -2.39. The van der Waals surface area contributed by atoms with Gasteiger partial charge in [0.2, 0.25) is 0 Å². The van der Waals surface area contributed by atoms with E-state index in [0.29, 0.717) is 31.4 Å². The number of nitrogens with one attached hydrogen (secondary N) is 1. The smallest absolute Gasteiger partial charge is 0.264 e. The van der Waals surface area contributed by atoms with E-state index in [2.05, 4.69) is 4.72 Å². The van der Waals surface area contributed by atoms with Crippen molar-refractivity contribution in [2.24, 2.45) is 0 Å². The zero-order valence-electron chi connectivity index (χ0n) is 17.8. The highest BCUT2D eigenvalue weighted by Gasteiger charge is 2.51. The highest BCUT2D eigenvalue weighted by atomic mass is 35.5. The summed E-state index contributed by atoms with van der Waals surface area (Å²) in [5.41, 5.74) is 1.20. The monoisotopic (exact) mass is 491 g/mol. The molecule has 0 bridgehead atoms. The number of carbonyl (C=O) groups excluding carboxylic acids is 2. The summed E-state index contributed by atoms with van der Waals surface area (Å²) >= 11 is 5.76. The van der Waals surface area contributed by atoms with Gasteiger partial charge in [0, 0.05) is 35.9 Å². The van der Waals surface area contributed by atoms with Crippen LogP contribution < -0.4 is 9.46 Å². The molecule has 3 aliphatic carbocycles. The first-order chi connectivity index (χ1) is 15.7. The van der Waals surface area contributed by atoms with E-state index in [1.54, 1.807) is 12.1 Å². The average Bonchev–Trinajstić information content (AvgIpc) is 3.01. The van der Waals surface area contributed by atoms with Gasteiger partial charge >= 0.3 is 0 Å². The molecule has 1 spiro atoms. The normalized spacial score (nSPS) is 19.9. The third-order valence-electron chi connectivity index (χ3n) is 7.02. The van der Waals surface area contributed by atoms with Gasteiger partial charge in [0.05, 0.1) is 17.2 Å². The topological polar surface area (TPSA) is 89.5 Å². The lowest BCUT2D eigenvalue weighted by atomic mass is 9.64. The molecule has 0 aliphatic heterocycles. The number of anilines is 1. The predicted molar refractivity (Wildman–Crippen MR) is 121 cm³/mol. The zero-order valence-corrected chi connectivity index (χ0v) is 19.4. The molecule has 0 atom stereocenters. The fourth-order valence-corrected chi connectivity index (χ4v) is 6.35. The Morgan fingerprint density at radius 3 is 2.45 bits per heavy atom. The maximum atomic E-state index is 14.3. The molecule has 9 heteroatoms. The molecule has 0 radical (unpaired) electrons. The summed E-state index contributed by atoms with van der Waals surface area (Å²) in [5, 5.41) is 0.0936. The number of hydrogen-bond donors (Lipinski definition) is 1. The molecule has 2 saturated carbocycles. The van der Waals surface area contributed by atoms with E-state index < -0.39 is 26.2 Å². The first-order valence-electron chi connectivity index (χ1n) is 11.0. The summed E-state index contributed by atoms with van der Waals surface area (Å²) in [6.07, 6.45) is 4.48. The maximum absolute atomic E-state index is 14.3. The van der Waals surface area contributed by atoms with Crippen molar-refractivity contribution in [3.63, 3.8) is 0 Å². The number of sulfonamides is 1. The molecule has 2 fully saturated rings. The molecular formula is C24H23ClFNO5S. The molecule has 5 rings (SSSR count). The number of Topliss-reactive ketones (excluding diaryl/α,β-unsaturated/α-hetero) is 2. The summed E-state index contributed by atoms with van der Waals surface area (Å²) in [7, 11) is -4.24. The molecule has 1 N–H and O–H groups in total. The van der Waals surface area contributed by atoms with E-state index in [9.17, 15) is 22.4 Å². The van der Waals surface area contributed by atoms with Gasteiger partial charge in [0.15, 0.2) is 0 Å². The Hall–Kier alpha value is -2.45. The van der Waals surface area contributed by atoms with Gasteiger partial charge in [0.25, 0.3) is 10.0 Å². The number of rotatable bonds is 5. The second-order valence-corrected chi connectivity index (χ2v) is 11.2. The predicted octanol–water partition coefficient (Wildman–Crippen LogP) is 4.72. The Bertz CT molecular complexity index is 1260.